The fraction of sp³-hybridized carbons (Fsp3) is 0. The van der Waals surface area contributed by atoms with Crippen LogP contribution in [-0.2, 0) is 17.1 Å². The van der Waals surface area contributed by atoms with Crippen molar-refractivity contribution in [2.45, 2.75) is 0 Å². The van der Waals surface area contributed by atoms with Crippen LogP contribution in [0.2, 0.25) is 0 Å². The normalized spacial score (nSPS) is 7.27. The van der Waals surface area contributed by atoms with Crippen LogP contribution in [0.5, 0.6) is 0 Å². The topological polar surface area (TPSA) is 0 Å². The zero-order valence-electron chi connectivity index (χ0n) is 5.51. The Bertz CT molecular complexity index is 144. The van der Waals surface area contributed by atoms with Gasteiger partial charge < -0.3 is 60.7 Å². The van der Waals surface area contributed by atoms with Crippen molar-refractivity contribution in [2.75, 3.05) is 0 Å². The van der Waals surface area contributed by atoms with Gasteiger partial charge in [-0.25, -0.2) is 0 Å². The fourth-order valence-electron chi connectivity index (χ4n) is 0.361. The van der Waals surface area contributed by atoms with Crippen LogP contribution >= 0.6 is 0 Å². The van der Waals surface area contributed by atoms with Gasteiger partial charge in [0.2, 0.25) is 0 Å². The van der Waals surface area contributed by atoms with Crippen LogP contribution in [0.3, 0.4) is 0 Å². The molecule has 2 rings (SSSR count). The third kappa shape index (κ3) is 5.65. The molecule has 0 heterocycles. The van der Waals surface area contributed by atoms with Gasteiger partial charge in [0, 0.05) is 0 Å². The predicted octanol–water partition coefficient (Wildman–Crippen LogP) is 1.21. The first-order valence-corrected chi connectivity index (χ1v) is 2.65. The summed E-state index contributed by atoms with van der Waals surface area (Å²) >= 11 is 0. The minimum absolute atomic E-state index is 0. The molecule has 0 radical (unpaired) electrons. The van der Waals surface area contributed by atoms with Crippen molar-refractivity contribution < 1.29 is 17.1 Å². The summed E-state index contributed by atoms with van der Waals surface area (Å²) in [5, 5.41) is 0. The van der Waals surface area contributed by atoms with Crippen LogP contribution in [-0.4, -0.2) is 0 Å². The molecule has 2 aromatic carbocycles. The van der Waals surface area contributed by atoms with Gasteiger partial charge in [-0.1, -0.05) is 0 Å². The Labute approximate surface area is 78.1 Å². The molecular formula is C10H2Fe-8. The van der Waals surface area contributed by atoms with E-state index in [9.17, 15) is 0 Å². The van der Waals surface area contributed by atoms with E-state index in [0.717, 1.165) is 0 Å². The molecule has 0 N–H and O–H groups in total. The second-order valence-electron chi connectivity index (χ2n) is 1.37. The fourth-order valence-corrected chi connectivity index (χ4v) is 0.361. The second-order valence-corrected chi connectivity index (χ2v) is 1.37. The molecule has 0 saturated heterocycles. The Balaban J connectivity index is 0.000000167. The largest absolute Gasteiger partial charge is 2.00 e. The number of rotatable bonds is 0. The summed E-state index contributed by atoms with van der Waals surface area (Å²) in [6.45, 7) is 0. The molecule has 0 aliphatic heterocycles. The molecule has 0 nitrogen and oxygen atoms in total. The van der Waals surface area contributed by atoms with E-state index >= 15 is 0 Å². The molecule has 0 aromatic heterocycles. The van der Waals surface area contributed by atoms with E-state index in [1.165, 1.54) is 0 Å². The zero-order valence-corrected chi connectivity index (χ0v) is 6.61. The molecule has 0 spiro atoms. The van der Waals surface area contributed by atoms with Gasteiger partial charge in [-0.2, -0.15) is 0 Å². The summed E-state index contributed by atoms with van der Waals surface area (Å²) < 4.78 is 0. The molecule has 0 atom stereocenters. The molecule has 0 fully saturated rings. The van der Waals surface area contributed by atoms with Crippen molar-refractivity contribution in [3.63, 3.8) is 0 Å². The van der Waals surface area contributed by atoms with Crippen molar-refractivity contribution >= 4 is 0 Å². The minimum Gasteiger partial charge on any atom is -0.999 e. The number of hydrogen-bond donors (Lipinski definition) is 0. The van der Waals surface area contributed by atoms with Gasteiger partial charge in [-0.05, 0) is 0 Å². The monoisotopic (exact) mass is 178 g/mol. The molecule has 0 amide bonds. The Morgan fingerprint density at radius 1 is 0.545 bits per heavy atom. The maximum Gasteiger partial charge on any atom is 2.00 e. The summed E-state index contributed by atoms with van der Waals surface area (Å²) in [7, 11) is 0. The second kappa shape index (κ2) is 7.33. The first-order valence-electron chi connectivity index (χ1n) is 2.65. The van der Waals surface area contributed by atoms with Crippen LogP contribution in [0.1, 0.15) is 0 Å². The molecule has 58 valence electrons. The molecule has 0 aliphatic carbocycles. The Hall–Kier alpha value is -0.781. The van der Waals surface area contributed by atoms with Gasteiger partial charge in [0.15, 0.2) is 0 Å². The van der Waals surface area contributed by atoms with E-state index in [4.69, 9.17) is 0 Å². The molecule has 0 unspecified atom stereocenters. The van der Waals surface area contributed by atoms with E-state index in [-0.39, 0.29) is 17.1 Å². The van der Waals surface area contributed by atoms with Crippen molar-refractivity contribution in [1.29, 1.82) is 0 Å². The van der Waals surface area contributed by atoms with E-state index < -0.39 is 0 Å². The molecular weight excluding hydrogens is 176 g/mol. The molecule has 0 aliphatic rings. The third-order valence-corrected chi connectivity index (χ3v) is 0.702. The average molecular weight is 178 g/mol. The van der Waals surface area contributed by atoms with Crippen LogP contribution in [0.25, 0.3) is 0 Å². The maximum atomic E-state index is 2.62. The summed E-state index contributed by atoms with van der Waals surface area (Å²) in [6.07, 6.45) is 0. The molecule has 0 saturated carbocycles. The van der Waals surface area contributed by atoms with E-state index in [1.807, 2.05) is 0 Å². The van der Waals surface area contributed by atoms with Crippen LogP contribution in [0, 0.1) is 48.5 Å². The maximum absolute atomic E-state index is 2.62. The van der Waals surface area contributed by atoms with Gasteiger partial charge in [0.05, 0.1) is 0 Å². The predicted molar refractivity (Wildman–Crippen MR) is 34.8 cm³/mol. The Morgan fingerprint density at radius 2 is 0.818 bits per heavy atom. The summed E-state index contributed by atoms with van der Waals surface area (Å²) in [4.78, 5) is 0. The quantitative estimate of drug-likeness (QED) is 0.420. The first kappa shape index (κ1) is 10.2. The number of hydrogen-bond acceptors (Lipinski definition) is 0. The van der Waals surface area contributed by atoms with Crippen LogP contribution in [0.4, 0.5) is 0 Å². The van der Waals surface area contributed by atoms with Gasteiger partial charge in [0.1, 0.15) is 0 Å². The summed E-state index contributed by atoms with van der Waals surface area (Å²) in [5.74, 6) is 0. The van der Waals surface area contributed by atoms with E-state index in [2.05, 4.69) is 48.5 Å². The van der Waals surface area contributed by atoms with Gasteiger partial charge in [-0.15, -0.1) is 0 Å². The Kier molecular flexibility index (Phi) is 6.81. The molecule has 2 aromatic rings. The molecule has 1 heteroatoms. The van der Waals surface area contributed by atoms with E-state index in [1.54, 1.807) is 12.1 Å². The van der Waals surface area contributed by atoms with Gasteiger partial charge >= 0.3 is 17.1 Å². The van der Waals surface area contributed by atoms with Crippen molar-refractivity contribution in [3.8, 4) is 0 Å². The van der Waals surface area contributed by atoms with Crippen molar-refractivity contribution in [3.05, 3.63) is 60.7 Å². The zero-order chi connectivity index (χ0) is 7.07. The SMILES string of the molecule is [Fe+2].[c-]1[c-][c-][cH-][c-]1.[c-]1[c-][c-][cH-][c-]1. The Morgan fingerprint density at radius 3 is 0.909 bits per heavy atom. The van der Waals surface area contributed by atoms with Gasteiger partial charge in [0.25, 0.3) is 0 Å². The van der Waals surface area contributed by atoms with Crippen molar-refractivity contribution in [2.24, 2.45) is 0 Å². The molecule has 11 heavy (non-hydrogen) atoms. The first-order chi connectivity index (χ1) is 5.00. The molecule has 0 bridgehead atoms. The summed E-state index contributed by atoms with van der Waals surface area (Å²) in [5.41, 5.74) is 0. The summed E-state index contributed by atoms with van der Waals surface area (Å²) in [6, 6.07) is 24.0. The third-order valence-electron chi connectivity index (χ3n) is 0.702. The standard InChI is InChI=1S/2C5H.Fe/c2*1-2-4-5-3-1;/h2*1H;/q2*-5;+2. The average Bonchev–Trinajstić information content (AvgIpc) is 2.67. The van der Waals surface area contributed by atoms with Crippen LogP contribution < -0.4 is 0 Å². The van der Waals surface area contributed by atoms with Crippen molar-refractivity contribution in [1.82, 2.24) is 0 Å². The minimum atomic E-state index is 0. The van der Waals surface area contributed by atoms with Crippen LogP contribution in [0.15, 0.2) is 12.1 Å². The van der Waals surface area contributed by atoms with E-state index in [0.29, 0.717) is 0 Å². The van der Waals surface area contributed by atoms with Gasteiger partial charge in [-0.3, -0.25) is 0 Å². The smallest absolute Gasteiger partial charge is 0.999 e.